The molecule has 0 aromatic heterocycles. The first kappa shape index (κ1) is 30.6. The molecule has 0 aromatic carbocycles. The molecule has 2 nitrogen and oxygen atoms in total. The fourth-order valence-corrected chi connectivity index (χ4v) is 2.41. The van der Waals surface area contributed by atoms with Gasteiger partial charge < -0.3 is 59.2 Å². The zero-order chi connectivity index (χ0) is 18.5. The van der Waals surface area contributed by atoms with E-state index in [1.165, 1.54) is 64.2 Å². The van der Waals surface area contributed by atoms with E-state index in [1.54, 1.807) is 0 Å². The molecule has 0 unspecified atom stereocenters. The van der Waals surface area contributed by atoms with Crippen molar-refractivity contribution in [3.8, 4) is 0 Å². The Balaban J connectivity index is -0.000000372. The van der Waals surface area contributed by atoms with E-state index in [0.29, 0.717) is 13.2 Å². The van der Waals surface area contributed by atoms with Gasteiger partial charge in [-0.25, -0.2) is 0 Å². The van der Waals surface area contributed by atoms with Crippen molar-refractivity contribution in [2.24, 2.45) is 0 Å². The molecule has 0 spiro atoms. The zero-order valence-electron chi connectivity index (χ0n) is 15.7. The molecule has 7 heteroatoms. The number of hydrogen-bond acceptors (Lipinski definition) is 6. The van der Waals surface area contributed by atoms with Gasteiger partial charge in [0.05, 0.1) is 13.2 Å². The summed E-state index contributed by atoms with van der Waals surface area (Å²) in [6, 6.07) is 0. The van der Waals surface area contributed by atoms with Crippen molar-refractivity contribution < 1.29 is 30.5 Å². The predicted molar refractivity (Wildman–Crippen MR) is 119 cm³/mol. The van der Waals surface area contributed by atoms with Gasteiger partial charge in [0.1, 0.15) is 0 Å². The Morgan fingerprint density at radius 1 is 0.600 bits per heavy atom. The molecule has 25 heavy (non-hydrogen) atoms. The van der Waals surface area contributed by atoms with Crippen LogP contribution < -0.4 is 0 Å². The molecule has 0 saturated carbocycles. The van der Waals surface area contributed by atoms with E-state index in [0.717, 1.165) is 12.8 Å². The summed E-state index contributed by atoms with van der Waals surface area (Å²) < 4.78 is 10.5. The van der Waals surface area contributed by atoms with Crippen molar-refractivity contribution in [1.29, 1.82) is 0 Å². The molecule has 0 aliphatic carbocycles. The Bertz CT molecular complexity index is 264. The van der Waals surface area contributed by atoms with Crippen LogP contribution in [0.15, 0.2) is 0 Å². The maximum Gasteiger partial charge on any atom is 2.00 e. The van der Waals surface area contributed by atoms with Gasteiger partial charge in [0, 0.05) is 8.77 Å². The quantitative estimate of drug-likeness (QED) is 0.129. The van der Waals surface area contributed by atoms with Gasteiger partial charge in [-0.3, -0.25) is 0 Å². The summed E-state index contributed by atoms with van der Waals surface area (Å²) in [5.74, 6) is 0. The average molecular weight is 606 g/mol. The third kappa shape index (κ3) is 36.6. The molecule has 0 bridgehead atoms. The summed E-state index contributed by atoms with van der Waals surface area (Å²) in [7, 11) is 0. The van der Waals surface area contributed by atoms with Crippen LogP contribution in [-0.2, 0) is 55.8 Å². The fraction of sp³-hybridized carbons (Fsp3) is 0.889. The molecular formula is C18H34O2PtS4. The minimum absolute atomic E-state index is 0. The molecule has 0 aliphatic rings. The average Bonchev–Trinajstić information content (AvgIpc) is 2.53. The molecule has 0 radical (unpaired) electrons. The smallest absolute Gasteiger partial charge is 0.514 e. The van der Waals surface area contributed by atoms with Gasteiger partial charge in [0.2, 0.25) is 0 Å². The van der Waals surface area contributed by atoms with Crippen LogP contribution in [0.5, 0.6) is 0 Å². The van der Waals surface area contributed by atoms with E-state index in [9.17, 15) is 0 Å². The van der Waals surface area contributed by atoms with Gasteiger partial charge in [0.15, 0.2) is 0 Å². The molecule has 0 atom stereocenters. The van der Waals surface area contributed by atoms with E-state index in [-0.39, 0.29) is 29.8 Å². The van der Waals surface area contributed by atoms with Crippen LogP contribution in [0, 0.1) is 0 Å². The molecule has 0 amide bonds. The molecule has 0 rings (SSSR count). The second kappa shape index (κ2) is 27.1. The Kier molecular flexibility index (Phi) is 33.2. The molecule has 0 N–H and O–H groups in total. The normalized spacial score (nSPS) is 9.36. The summed E-state index contributed by atoms with van der Waals surface area (Å²) in [6.07, 6.45) is 15.2. The van der Waals surface area contributed by atoms with Crippen molar-refractivity contribution in [1.82, 2.24) is 0 Å². The molecule has 0 aliphatic heterocycles. The molecule has 0 fully saturated rings. The van der Waals surface area contributed by atoms with Gasteiger partial charge in [-0.2, -0.15) is 0 Å². The van der Waals surface area contributed by atoms with Crippen LogP contribution in [0.25, 0.3) is 0 Å². The Labute approximate surface area is 192 Å². The second-order valence-electron chi connectivity index (χ2n) is 5.73. The minimum Gasteiger partial charge on any atom is -0.514 e. The molecule has 0 saturated heterocycles. The van der Waals surface area contributed by atoms with Crippen molar-refractivity contribution in [2.45, 2.75) is 90.9 Å². The van der Waals surface area contributed by atoms with Crippen molar-refractivity contribution in [3.63, 3.8) is 0 Å². The first-order chi connectivity index (χ1) is 11.5. The van der Waals surface area contributed by atoms with Gasteiger partial charge in [-0.05, 0) is 12.8 Å². The summed E-state index contributed by atoms with van der Waals surface area (Å²) in [4.78, 5) is 0. The van der Waals surface area contributed by atoms with Crippen molar-refractivity contribution in [2.75, 3.05) is 13.2 Å². The SMILES string of the molecule is CCCCCCCCOC(=S)[S-].CCCCCCCCOC(=S)[S-].[Pt+2]. The number of rotatable bonds is 14. The monoisotopic (exact) mass is 605 g/mol. The van der Waals surface area contributed by atoms with Crippen LogP contribution in [-0.4, -0.2) is 22.0 Å². The fourth-order valence-electron chi connectivity index (χ4n) is 2.08. The third-order valence-corrected chi connectivity index (χ3v) is 3.91. The number of thiocarbonyl (C=S) groups is 2. The van der Waals surface area contributed by atoms with Gasteiger partial charge in [-0.1, -0.05) is 78.1 Å². The van der Waals surface area contributed by atoms with Gasteiger partial charge in [0.25, 0.3) is 0 Å². The Hall–Kier alpha value is 0.908. The van der Waals surface area contributed by atoms with Crippen LogP contribution in [0.4, 0.5) is 0 Å². The number of ether oxygens (including phenoxy) is 2. The molecular weight excluding hydrogens is 572 g/mol. The van der Waals surface area contributed by atoms with Gasteiger partial charge in [-0.15, -0.1) is 0 Å². The van der Waals surface area contributed by atoms with E-state index < -0.39 is 0 Å². The maximum atomic E-state index is 4.99. The summed E-state index contributed by atoms with van der Waals surface area (Å²) >= 11 is 18.4. The Morgan fingerprint density at radius 2 is 0.880 bits per heavy atom. The largest absolute Gasteiger partial charge is 2.00 e. The standard InChI is InChI=1S/2C9H18OS2.Pt/c2*1-2-3-4-5-6-7-8-10-9(11)12;/h2*2-8H2,1H3,(H,11,12);/q;;+2/p-2. The first-order valence-electron chi connectivity index (χ1n) is 9.22. The third-order valence-electron chi connectivity index (χ3n) is 3.44. The zero-order valence-corrected chi connectivity index (χ0v) is 21.2. The van der Waals surface area contributed by atoms with E-state index >= 15 is 0 Å². The molecule has 0 heterocycles. The topological polar surface area (TPSA) is 18.5 Å². The van der Waals surface area contributed by atoms with Crippen LogP contribution in [0.3, 0.4) is 0 Å². The first-order valence-corrected chi connectivity index (χ1v) is 10.8. The van der Waals surface area contributed by atoms with Crippen molar-refractivity contribution in [3.05, 3.63) is 0 Å². The summed E-state index contributed by atoms with van der Waals surface area (Å²) in [6.45, 7) is 5.85. The number of hydrogen-bond donors (Lipinski definition) is 0. The minimum atomic E-state index is 0. The van der Waals surface area contributed by atoms with Crippen molar-refractivity contribution >= 4 is 58.5 Å². The van der Waals surface area contributed by atoms with Crippen LogP contribution in [0.2, 0.25) is 0 Å². The molecule has 0 aromatic rings. The van der Waals surface area contributed by atoms with Crippen LogP contribution >= 0.6 is 24.4 Å². The van der Waals surface area contributed by atoms with E-state index in [2.05, 4.69) is 63.5 Å². The van der Waals surface area contributed by atoms with Crippen LogP contribution in [0.1, 0.15) is 90.9 Å². The predicted octanol–water partition coefficient (Wildman–Crippen LogP) is 6.39. The number of unbranched alkanes of at least 4 members (excludes halogenated alkanes) is 10. The molecule has 152 valence electrons. The van der Waals surface area contributed by atoms with Gasteiger partial charge >= 0.3 is 21.1 Å². The summed E-state index contributed by atoms with van der Waals surface area (Å²) in [5.41, 5.74) is 0. The van der Waals surface area contributed by atoms with E-state index in [1.807, 2.05) is 0 Å². The van der Waals surface area contributed by atoms with E-state index in [4.69, 9.17) is 9.47 Å². The maximum absolute atomic E-state index is 4.99. The Morgan fingerprint density at radius 3 is 1.16 bits per heavy atom. The second-order valence-corrected chi connectivity index (χ2v) is 7.73. The summed E-state index contributed by atoms with van der Waals surface area (Å²) in [5, 5.41) is 0.